The maximum Gasteiger partial charge on any atom is 0.00817 e. The lowest BCUT2D eigenvalue weighted by molar-refractivity contribution is 0.314. The van der Waals surface area contributed by atoms with E-state index in [1.54, 1.807) is 0 Å². The minimum absolute atomic E-state index is 0.570. The molecule has 2 rings (SSSR count). The molecule has 1 aromatic carbocycles. The molecule has 0 spiro atoms. The zero-order chi connectivity index (χ0) is 13.5. The second-order valence-electron chi connectivity index (χ2n) is 6.30. The van der Waals surface area contributed by atoms with Crippen molar-refractivity contribution in [3.05, 3.63) is 35.9 Å². The van der Waals surface area contributed by atoms with Crippen molar-refractivity contribution in [2.45, 2.75) is 70.9 Å². The molecule has 1 aliphatic carbocycles. The molecule has 1 N–H and O–H groups in total. The summed E-state index contributed by atoms with van der Waals surface area (Å²) in [7, 11) is 0. The summed E-state index contributed by atoms with van der Waals surface area (Å²) in [5, 5.41) is 3.83. The fourth-order valence-electron chi connectivity index (χ4n) is 3.42. The van der Waals surface area contributed by atoms with Crippen molar-refractivity contribution < 1.29 is 0 Å². The summed E-state index contributed by atoms with van der Waals surface area (Å²) in [6, 6.07) is 12.1. The van der Waals surface area contributed by atoms with Crippen molar-refractivity contribution in [2.75, 3.05) is 0 Å². The van der Waals surface area contributed by atoms with Crippen LogP contribution in [0, 0.1) is 5.92 Å². The molecule has 1 heteroatoms. The number of nitrogens with one attached hydrogen (secondary N) is 1. The van der Waals surface area contributed by atoms with Gasteiger partial charge in [0.15, 0.2) is 0 Å². The standard InChI is InChI=1S/C18H29N/c1-15(14-17-10-6-5-7-11-17)19-16(2)18-12-8-3-4-9-13-18/h5-7,10-11,15-16,18-19H,3-4,8-9,12-14H2,1-2H3/t15?,16-/m1/s1. The molecule has 1 aromatic rings. The SMILES string of the molecule is CC(Cc1ccccc1)N[C@H](C)C1CCCCCC1. The average Bonchev–Trinajstić information content (AvgIpc) is 2.68. The van der Waals surface area contributed by atoms with Crippen LogP contribution in [0.15, 0.2) is 30.3 Å². The lowest BCUT2D eigenvalue weighted by Crippen LogP contribution is -2.40. The molecule has 0 aromatic heterocycles. The molecule has 0 radical (unpaired) electrons. The summed E-state index contributed by atoms with van der Waals surface area (Å²) in [5.41, 5.74) is 1.44. The number of benzene rings is 1. The highest BCUT2D eigenvalue weighted by atomic mass is 14.9. The quantitative estimate of drug-likeness (QED) is 0.764. The summed E-state index contributed by atoms with van der Waals surface area (Å²) in [6.07, 6.45) is 9.75. The Bertz CT molecular complexity index is 338. The van der Waals surface area contributed by atoms with Crippen LogP contribution in [-0.2, 0) is 6.42 Å². The summed E-state index contributed by atoms with van der Waals surface area (Å²) < 4.78 is 0. The van der Waals surface area contributed by atoms with Gasteiger partial charge in [-0.25, -0.2) is 0 Å². The second-order valence-corrected chi connectivity index (χ2v) is 6.30. The van der Waals surface area contributed by atoms with Crippen LogP contribution in [0.2, 0.25) is 0 Å². The second kappa shape index (κ2) is 7.69. The van der Waals surface area contributed by atoms with Crippen molar-refractivity contribution in [1.29, 1.82) is 0 Å². The third-order valence-corrected chi connectivity index (χ3v) is 4.54. The molecule has 0 heterocycles. The van der Waals surface area contributed by atoms with E-state index in [9.17, 15) is 0 Å². The Morgan fingerprint density at radius 3 is 2.26 bits per heavy atom. The smallest absolute Gasteiger partial charge is 0.00817 e. The maximum atomic E-state index is 3.83. The van der Waals surface area contributed by atoms with E-state index in [1.165, 1.54) is 44.1 Å². The van der Waals surface area contributed by atoms with Gasteiger partial charge < -0.3 is 5.32 Å². The van der Waals surface area contributed by atoms with Crippen molar-refractivity contribution in [1.82, 2.24) is 5.32 Å². The summed E-state index contributed by atoms with van der Waals surface area (Å²) in [4.78, 5) is 0. The first kappa shape index (κ1) is 14.6. The van der Waals surface area contributed by atoms with E-state index in [4.69, 9.17) is 0 Å². The molecule has 1 aliphatic rings. The summed E-state index contributed by atoms with van der Waals surface area (Å²) in [5.74, 6) is 0.890. The van der Waals surface area contributed by atoms with E-state index in [-0.39, 0.29) is 0 Å². The van der Waals surface area contributed by atoms with Gasteiger partial charge in [0.1, 0.15) is 0 Å². The minimum Gasteiger partial charge on any atom is -0.311 e. The molecule has 0 saturated heterocycles. The van der Waals surface area contributed by atoms with Crippen LogP contribution in [-0.4, -0.2) is 12.1 Å². The van der Waals surface area contributed by atoms with Crippen molar-refractivity contribution in [2.24, 2.45) is 5.92 Å². The third kappa shape index (κ3) is 4.99. The molecule has 1 nitrogen and oxygen atoms in total. The molecule has 106 valence electrons. The predicted molar refractivity (Wildman–Crippen MR) is 83.4 cm³/mol. The zero-order valence-corrected chi connectivity index (χ0v) is 12.6. The first-order chi connectivity index (χ1) is 9.25. The van der Waals surface area contributed by atoms with Crippen molar-refractivity contribution >= 4 is 0 Å². The molecule has 0 bridgehead atoms. The van der Waals surface area contributed by atoms with E-state index >= 15 is 0 Å². The molecule has 2 atom stereocenters. The average molecular weight is 259 g/mol. The van der Waals surface area contributed by atoms with E-state index in [0.717, 1.165) is 12.3 Å². The van der Waals surface area contributed by atoms with Crippen LogP contribution < -0.4 is 5.32 Å². The van der Waals surface area contributed by atoms with Crippen LogP contribution in [0.5, 0.6) is 0 Å². The largest absolute Gasteiger partial charge is 0.311 e. The van der Waals surface area contributed by atoms with Crippen LogP contribution in [0.25, 0.3) is 0 Å². The maximum absolute atomic E-state index is 3.83. The van der Waals surface area contributed by atoms with E-state index in [1.807, 2.05) is 0 Å². The molecular formula is C18H29N. The Morgan fingerprint density at radius 2 is 1.63 bits per heavy atom. The third-order valence-electron chi connectivity index (χ3n) is 4.54. The zero-order valence-electron chi connectivity index (χ0n) is 12.6. The van der Waals surface area contributed by atoms with E-state index in [2.05, 4.69) is 49.5 Å². The highest BCUT2D eigenvalue weighted by Crippen LogP contribution is 2.25. The minimum atomic E-state index is 0.570. The van der Waals surface area contributed by atoms with Crippen LogP contribution >= 0.6 is 0 Å². The van der Waals surface area contributed by atoms with Gasteiger partial charge >= 0.3 is 0 Å². The Kier molecular flexibility index (Phi) is 5.91. The van der Waals surface area contributed by atoms with Gasteiger partial charge in [-0.3, -0.25) is 0 Å². The van der Waals surface area contributed by atoms with Gasteiger partial charge in [-0.2, -0.15) is 0 Å². The van der Waals surface area contributed by atoms with Crippen LogP contribution in [0.3, 0.4) is 0 Å². The molecule has 19 heavy (non-hydrogen) atoms. The molecular weight excluding hydrogens is 230 g/mol. The molecule has 0 aliphatic heterocycles. The Labute approximate surface area is 118 Å². The number of hydrogen-bond donors (Lipinski definition) is 1. The Balaban J connectivity index is 1.79. The summed E-state index contributed by atoms with van der Waals surface area (Å²) >= 11 is 0. The normalized spacial score (nSPS) is 20.7. The first-order valence-corrected chi connectivity index (χ1v) is 8.05. The summed E-state index contributed by atoms with van der Waals surface area (Å²) in [6.45, 7) is 4.71. The van der Waals surface area contributed by atoms with Gasteiger partial charge in [-0.05, 0) is 44.6 Å². The highest BCUT2D eigenvalue weighted by Gasteiger charge is 2.20. The number of hydrogen-bond acceptors (Lipinski definition) is 1. The lowest BCUT2D eigenvalue weighted by atomic mass is 9.92. The Morgan fingerprint density at radius 1 is 1.00 bits per heavy atom. The molecule has 1 saturated carbocycles. The predicted octanol–water partition coefficient (Wildman–Crippen LogP) is 4.57. The van der Waals surface area contributed by atoms with E-state index in [0.29, 0.717) is 12.1 Å². The molecule has 1 unspecified atom stereocenters. The van der Waals surface area contributed by atoms with Crippen molar-refractivity contribution in [3.8, 4) is 0 Å². The van der Waals surface area contributed by atoms with Gasteiger partial charge in [-0.15, -0.1) is 0 Å². The first-order valence-electron chi connectivity index (χ1n) is 8.05. The van der Waals surface area contributed by atoms with E-state index < -0.39 is 0 Å². The van der Waals surface area contributed by atoms with Crippen LogP contribution in [0.4, 0.5) is 0 Å². The lowest BCUT2D eigenvalue weighted by Gasteiger charge is -2.27. The molecule has 1 fully saturated rings. The number of rotatable bonds is 5. The Hall–Kier alpha value is -0.820. The van der Waals surface area contributed by atoms with Gasteiger partial charge in [0.2, 0.25) is 0 Å². The van der Waals surface area contributed by atoms with Crippen molar-refractivity contribution in [3.63, 3.8) is 0 Å². The monoisotopic (exact) mass is 259 g/mol. The fourth-order valence-corrected chi connectivity index (χ4v) is 3.42. The topological polar surface area (TPSA) is 12.0 Å². The van der Waals surface area contributed by atoms with Gasteiger partial charge in [0.05, 0.1) is 0 Å². The highest BCUT2D eigenvalue weighted by molar-refractivity contribution is 5.15. The van der Waals surface area contributed by atoms with Gasteiger partial charge in [0.25, 0.3) is 0 Å². The van der Waals surface area contributed by atoms with Crippen LogP contribution in [0.1, 0.15) is 57.9 Å². The van der Waals surface area contributed by atoms with Gasteiger partial charge in [0, 0.05) is 12.1 Å². The van der Waals surface area contributed by atoms with Gasteiger partial charge in [-0.1, -0.05) is 56.0 Å². The fraction of sp³-hybridized carbons (Fsp3) is 0.667. The molecule has 0 amide bonds.